The van der Waals surface area contributed by atoms with Crippen molar-refractivity contribution in [3.05, 3.63) is 83.7 Å². The molecule has 152 valence electrons. The summed E-state index contributed by atoms with van der Waals surface area (Å²) in [5, 5.41) is 0. The molecule has 0 bridgehead atoms. The highest BCUT2D eigenvalue weighted by molar-refractivity contribution is 7.92. The molecule has 29 heavy (non-hydrogen) atoms. The summed E-state index contributed by atoms with van der Waals surface area (Å²) < 4.78 is 53.0. The van der Waals surface area contributed by atoms with Gasteiger partial charge in [0.15, 0.2) is 0 Å². The van der Waals surface area contributed by atoms with Crippen molar-refractivity contribution < 1.29 is 22.3 Å². The second-order valence-corrected chi connectivity index (χ2v) is 8.33. The molecule has 0 spiro atoms. The summed E-state index contributed by atoms with van der Waals surface area (Å²) in [4.78, 5) is -0.394. The lowest BCUT2D eigenvalue weighted by Gasteiger charge is -2.26. The number of benzene rings is 3. The third kappa shape index (κ3) is 4.51. The van der Waals surface area contributed by atoms with Crippen LogP contribution in [0.2, 0.25) is 0 Å². The van der Waals surface area contributed by atoms with Gasteiger partial charge in [-0.15, -0.1) is 0 Å². The van der Waals surface area contributed by atoms with Gasteiger partial charge in [0.1, 0.15) is 22.2 Å². The Morgan fingerprint density at radius 2 is 1.55 bits per heavy atom. The summed E-state index contributed by atoms with van der Waals surface area (Å²) in [6.07, 6.45) is 0. The fourth-order valence-electron chi connectivity index (χ4n) is 3.00. The maximum absolute atomic E-state index is 14.4. The standard InChI is InChI=1S/C22H22FNO4S/c1-16-7-6-8-17(11-16)15-24(18-12-19(27-2)14-20(13-18)28-3)29(25,26)22-10-5-4-9-21(22)23/h4-14H,15H2,1-3H3. The van der Waals surface area contributed by atoms with Gasteiger partial charge in [-0.05, 0) is 24.6 Å². The van der Waals surface area contributed by atoms with Crippen molar-refractivity contribution in [3.63, 3.8) is 0 Å². The van der Waals surface area contributed by atoms with Gasteiger partial charge in [0.2, 0.25) is 0 Å². The van der Waals surface area contributed by atoms with E-state index in [2.05, 4.69) is 0 Å². The summed E-state index contributed by atoms with van der Waals surface area (Å²) >= 11 is 0. The molecule has 0 atom stereocenters. The lowest BCUT2D eigenvalue weighted by Crippen LogP contribution is -2.31. The van der Waals surface area contributed by atoms with Crippen molar-refractivity contribution >= 4 is 15.7 Å². The molecule has 0 fully saturated rings. The summed E-state index contributed by atoms with van der Waals surface area (Å²) in [6, 6.07) is 17.6. The Labute approximate surface area is 170 Å². The Kier molecular flexibility index (Phi) is 6.08. The van der Waals surface area contributed by atoms with E-state index in [4.69, 9.17) is 9.47 Å². The predicted octanol–water partition coefficient (Wildman–Crippen LogP) is 4.55. The van der Waals surface area contributed by atoms with Gasteiger partial charge in [-0.2, -0.15) is 0 Å². The van der Waals surface area contributed by atoms with E-state index in [9.17, 15) is 12.8 Å². The van der Waals surface area contributed by atoms with Crippen molar-refractivity contribution in [1.82, 2.24) is 0 Å². The highest BCUT2D eigenvalue weighted by Gasteiger charge is 2.29. The van der Waals surface area contributed by atoms with Gasteiger partial charge in [-0.25, -0.2) is 12.8 Å². The molecule has 0 saturated heterocycles. The second-order valence-electron chi connectivity index (χ2n) is 6.50. The number of methoxy groups -OCH3 is 2. The average molecular weight is 415 g/mol. The van der Waals surface area contributed by atoms with E-state index in [1.807, 2.05) is 31.2 Å². The van der Waals surface area contributed by atoms with Crippen LogP contribution in [-0.2, 0) is 16.6 Å². The highest BCUT2D eigenvalue weighted by Crippen LogP contribution is 2.33. The van der Waals surface area contributed by atoms with Crippen LogP contribution in [0.15, 0.2) is 71.6 Å². The third-order valence-electron chi connectivity index (χ3n) is 4.44. The van der Waals surface area contributed by atoms with E-state index in [0.29, 0.717) is 17.2 Å². The van der Waals surface area contributed by atoms with E-state index in [-0.39, 0.29) is 6.54 Å². The first-order valence-corrected chi connectivity index (χ1v) is 10.3. The molecule has 0 unspecified atom stereocenters. The van der Waals surface area contributed by atoms with Gasteiger partial charge in [-0.1, -0.05) is 42.0 Å². The Morgan fingerprint density at radius 1 is 0.897 bits per heavy atom. The van der Waals surface area contributed by atoms with Gasteiger partial charge in [-0.3, -0.25) is 4.31 Å². The molecule has 0 radical (unpaired) electrons. The smallest absolute Gasteiger partial charge is 0.267 e. The molecule has 0 aliphatic rings. The molecule has 0 saturated carbocycles. The maximum Gasteiger partial charge on any atom is 0.267 e. The zero-order chi connectivity index (χ0) is 21.0. The zero-order valence-corrected chi connectivity index (χ0v) is 17.2. The first kappa shape index (κ1) is 20.7. The fourth-order valence-corrected chi connectivity index (χ4v) is 4.50. The van der Waals surface area contributed by atoms with Crippen molar-refractivity contribution in [2.24, 2.45) is 0 Å². The molecule has 0 N–H and O–H groups in total. The first-order chi connectivity index (χ1) is 13.8. The van der Waals surface area contributed by atoms with Crippen LogP contribution in [0.1, 0.15) is 11.1 Å². The van der Waals surface area contributed by atoms with E-state index in [1.54, 1.807) is 18.2 Å². The summed E-state index contributed by atoms with van der Waals surface area (Å²) in [5.74, 6) is 0.0475. The molecule has 0 heterocycles. The van der Waals surface area contributed by atoms with Crippen molar-refractivity contribution in [3.8, 4) is 11.5 Å². The Morgan fingerprint density at radius 3 is 2.14 bits per heavy atom. The largest absolute Gasteiger partial charge is 0.497 e. The minimum absolute atomic E-state index is 0.0225. The topological polar surface area (TPSA) is 55.8 Å². The number of aryl methyl sites for hydroxylation is 1. The minimum Gasteiger partial charge on any atom is -0.497 e. The van der Waals surface area contributed by atoms with Crippen molar-refractivity contribution in [2.75, 3.05) is 18.5 Å². The highest BCUT2D eigenvalue weighted by atomic mass is 32.2. The monoisotopic (exact) mass is 415 g/mol. The van der Waals surface area contributed by atoms with Crippen LogP contribution in [0.25, 0.3) is 0 Å². The lowest BCUT2D eigenvalue weighted by atomic mass is 10.1. The number of hydrogen-bond donors (Lipinski definition) is 0. The molecular formula is C22H22FNO4S. The van der Waals surface area contributed by atoms with Crippen LogP contribution >= 0.6 is 0 Å². The Hall–Kier alpha value is -3.06. The van der Waals surface area contributed by atoms with E-state index < -0.39 is 20.7 Å². The van der Waals surface area contributed by atoms with Gasteiger partial charge in [0, 0.05) is 18.2 Å². The van der Waals surface area contributed by atoms with Crippen LogP contribution in [-0.4, -0.2) is 22.6 Å². The van der Waals surface area contributed by atoms with Crippen LogP contribution in [0.5, 0.6) is 11.5 Å². The minimum atomic E-state index is -4.20. The van der Waals surface area contributed by atoms with Crippen molar-refractivity contribution in [2.45, 2.75) is 18.4 Å². The number of hydrogen-bond acceptors (Lipinski definition) is 4. The second kappa shape index (κ2) is 8.53. The number of nitrogens with zero attached hydrogens (tertiary/aromatic N) is 1. The van der Waals surface area contributed by atoms with Crippen LogP contribution in [0.4, 0.5) is 10.1 Å². The molecule has 7 heteroatoms. The molecule has 3 aromatic rings. The van der Waals surface area contributed by atoms with E-state index >= 15 is 0 Å². The third-order valence-corrected chi connectivity index (χ3v) is 6.24. The molecule has 0 amide bonds. The van der Waals surface area contributed by atoms with Crippen LogP contribution in [0, 0.1) is 12.7 Å². The zero-order valence-electron chi connectivity index (χ0n) is 16.4. The van der Waals surface area contributed by atoms with Gasteiger partial charge in [0.05, 0.1) is 26.5 Å². The number of anilines is 1. The quantitative estimate of drug-likeness (QED) is 0.568. The maximum atomic E-state index is 14.4. The van der Waals surface area contributed by atoms with Crippen LogP contribution < -0.4 is 13.8 Å². The predicted molar refractivity (Wildman–Crippen MR) is 110 cm³/mol. The summed E-state index contributed by atoms with van der Waals surface area (Å²) in [6.45, 7) is 1.95. The van der Waals surface area contributed by atoms with Crippen molar-refractivity contribution in [1.29, 1.82) is 0 Å². The Balaban J connectivity index is 2.18. The van der Waals surface area contributed by atoms with Gasteiger partial charge < -0.3 is 9.47 Å². The molecule has 3 rings (SSSR count). The normalized spacial score (nSPS) is 11.2. The fraction of sp³-hybridized carbons (Fsp3) is 0.182. The molecule has 3 aromatic carbocycles. The lowest BCUT2D eigenvalue weighted by molar-refractivity contribution is 0.394. The molecule has 0 aromatic heterocycles. The molecular weight excluding hydrogens is 393 g/mol. The number of rotatable bonds is 7. The SMILES string of the molecule is COc1cc(OC)cc(N(Cc2cccc(C)c2)S(=O)(=O)c2ccccc2F)c1. The number of sulfonamides is 1. The average Bonchev–Trinajstić information content (AvgIpc) is 2.71. The number of ether oxygens (including phenoxy) is 2. The summed E-state index contributed by atoms with van der Waals surface area (Å²) in [5.41, 5.74) is 2.08. The summed E-state index contributed by atoms with van der Waals surface area (Å²) in [7, 11) is -1.24. The first-order valence-electron chi connectivity index (χ1n) is 8.91. The van der Waals surface area contributed by atoms with Gasteiger partial charge >= 0.3 is 0 Å². The van der Waals surface area contributed by atoms with E-state index in [0.717, 1.165) is 21.5 Å². The van der Waals surface area contributed by atoms with Crippen LogP contribution in [0.3, 0.4) is 0 Å². The molecule has 0 aliphatic heterocycles. The number of halogens is 1. The molecule has 0 aliphatic carbocycles. The Bertz CT molecular complexity index is 1090. The van der Waals surface area contributed by atoms with Gasteiger partial charge in [0.25, 0.3) is 10.0 Å². The van der Waals surface area contributed by atoms with E-state index in [1.165, 1.54) is 32.4 Å². The molecule has 5 nitrogen and oxygen atoms in total.